The highest BCUT2D eigenvalue weighted by Gasteiger charge is 2.08. The normalized spacial score (nSPS) is 13.5. The lowest BCUT2D eigenvalue weighted by Crippen LogP contribution is -1.87. The van der Waals surface area contributed by atoms with Gasteiger partial charge in [0.1, 0.15) is 0 Å². The number of hydrogen-bond acceptors (Lipinski definition) is 2. The summed E-state index contributed by atoms with van der Waals surface area (Å²) in [7, 11) is 0. The van der Waals surface area contributed by atoms with Crippen molar-refractivity contribution in [2.24, 2.45) is 0 Å². The fourth-order valence-corrected chi connectivity index (χ4v) is 2.54. The van der Waals surface area contributed by atoms with E-state index in [9.17, 15) is 5.11 Å². The molecule has 1 atom stereocenters. The average molecular weight is 213 g/mol. The third-order valence-corrected chi connectivity index (χ3v) is 3.23. The van der Waals surface area contributed by atoms with Gasteiger partial charge in [0.2, 0.25) is 0 Å². The summed E-state index contributed by atoms with van der Waals surface area (Å²) in [6, 6.07) is 5.75. The Labute approximate surface area is 85.6 Å². The van der Waals surface area contributed by atoms with Crippen molar-refractivity contribution >= 4 is 33.0 Å². The van der Waals surface area contributed by atoms with Crippen LogP contribution in [0.25, 0.3) is 10.1 Å². The summed E-state index contributed by atoms with van der Waals surface area (Å²) in [4.78, 5) is 0. The van der Waals surface area contributed by atoms with E-state index in [0.717, 1.165) is 10.9 Å². The zero-order valence-electron chi connectivity index (χ0n) is 7.12. The van der Waals surface area contributed by atoms with Crippen molar-refractivity contribution in [3.05, 3.63) is 34.2 Å². The van der Waals surface area contributed by atoms with Crippen LogP contribution in [0, 0.1) is 0 Å². The first-order chi connectivity index (χ1) is 6.18. The summed E-state index contributed by atoms with van der Waals surface area (Å²) in [5, 5.41) is 13.2. The zero-order chi connectivity index (χ0) is 9.42. The summed E-state index contributed by atoms with van der Waals surface area (Å²) >= 11 is 7.51. The van der Waals surface area contributed by atoms with Gasteiger partial charge in [0.15, 0.2) is 0 Å². The summed E-state index contributed by atoms with van der Waals surface area (Å²) < 4.78 is 1.17. The minimum atomic E-state index is -0.424. The summed E-state index contributed by atoms with van der Waals surface area (Å²) in [6.45, 7) is 1.77. The van der Waals surface area contributed by atoms with Crippen LogP contribution in [0.5, 0.6) is 0 Å². The highest BCUT2D eigenvalue weighted by Crippen LogP contribution is 2.31. The minimum Gasteiger partial charge on any atom is -0.389 e. The van der Waals surface area contributed by atoms with Gasteiger partial charge in [-0.3, -0.25) is 0 Å². The molecule has 1 nitrogen and oxygen atoms in total. The number of aliphatic hydroxyl groups excluding tert-OH is 1. The number of thiophene rings is 1. The highest BCUT2D eigenvalue weighted by molar-refractivity contribution is 7.17. The Hall–Kier alpha value is -0.570. The van der Waals surface area contributed by atoms with E-state index in [4.69, 9.17) is 11.6 Å². The van der Waals surface area contributed by atoms with Gasteiger partial charge in [-0.25, -0.2) is 0 Å². The number of halogens is 1. The molecule has 1 aromatic heterocycles. The first-order valence-corrected chi connectivity index (χ1v) is 5.29. The fourth-order valence-electron chi connectivity index (χ4n) is 1.34. The lowest BCUT2D eigenvalue weighted by molar-refractivity contribution is 0.201. The molecule has 0 amide bonds. The summed E-state index contributed by atoms with van der Waals surface area (Å²) in [6.07, 6.45) is -0.424. The van der Waals surface area contributed by atoms with Crippen LogP contribution in [-0.2, 0) is 0 Å². The van der Waals surface area contributed by atoms with Crippen LogP contribution in [0.2, 0.25) is 5.02 Å². The first kappa shape index (κ1) is 9.00. The molecule has 1 N–H and O–H groups in total. The van der Waals surface area contributed by atoms with Crippen LogP contribution < -0.4 is 0 Å². The Bertz CT molecular complexity index is 433. The predicted octanol–water partition coefficient (Wildman–Crippen LogP) is 3.61. The van der Waals surface area contributed by atoms with Gasteiger partial charge in [0, 0.05) is 9.72 Å². The van der Waals surface area contributed by atoms with E-state index in [1.807, 2.05) is 23.6 Å². The summed E-state index contributed by atoms with van der Waals surface area (Å²) in [5.41, 5.74) is 0.961. The standard InChI is InChI=1S/C10H9ClOS/c1-6(12)9-5-13-10-3-2-7(11)4-8(9)10/h2-6,12H,1H3. The van der Waals surface area contributed by atoms with Crippen molar-refractivity contribution in [2.45, 2.75) is 13.0 Å². The van der Waals surface area contributed by atoms with Crippen molar-refractivity contribution in [3.8, 4) is 0 Å². The molecule has 2 aromatic rings. The second-order valence-corrected chi connectivity index (χ2v) is 4.36. The SMILES string of the molecule is CC(O)c1csc2ccc(Cl)cc12. The molecule has 0 radical (unpaired) electrons. The molecule has 0 saturated carbocycles. The summed E-state index contributed by atoms with van der Waals surface area (Å²) in [5.74, 6) is 0. The van der Waals surface area contributed by atoms with E-state index >= 15 is 0 Å². The third-order valence-electron chi connectivity index (χ3n) is 2.02. The Kier molecular flexibility index (Phi) is 2.28. The number of rotatable bonds is 1. The Morgan fingerprint density at radius 2 is 2.23 bits per heavy atom. The third kappa shape index (κ3) is 1.57. The van der Waals surface area contributed by atoms with E-state index in [1.54, 1.807) is 18.3 Å². The molecule has 1 aromatic carbocycles. The predicted molar refractivity (Wildman–Crippen MR) is 57.5 cm³/mol. The molecular formula is C10H9ClOS. The van der Waals surface area contributed by atoms with E-state index in [0.29, 0.717) is 5.02 Å². The smallest absolute Gasteiger partial charge is 0.0776 e. The lowest BCUT2D eigenvalue weighted by atomic mass is 10.1. The van der Waals surface area contributed by atoms with Crippen LogP contribution >= 0.6 is 22.9 Å². The van der Waals surface area contributed by atoms with Crippen LogP contribution in [0.1, 0.15) is 18.6 Å². The van der Waals surface area contributed by atoms with E-state index in [2.05, 4.69) is 0 Å². The quantitative estimate of drug-likeness (QED) is 0.766. The Morgan fingerprint density at radius 3 is 2.92 bits per heavy atom. The molecule has 0 spiro atoms. The maximum absolute atomic E-state index is 9.47. The molecule has 0 saturated heterocycles. The van der Waals surface area contributed by atoms with E-state index in [1.165, 1.54) is 4.70 Å². The zero-order valence-corrected chi connectivity index (χ0v) is 8.69. The highest BCUT2D eigenvalue weighted by atomic mass is 35.5. The molecule has 1 unspecified atom stereocenters. The van der Waals surface area contributed by atoms with Crippen molar-refractivity contribution in [3.63, 3.8) is 0 Å². The molecule has 0 fully saturated rings. The number of fused-ring (bicyclic) bond motifs is 1. The largest absolute Gasteiger partial charge is 0.389 e. The van der Waals surface area contributed by atoms with Gasteiger partial charge in [-0.05, 0) is 41.5 Å². The van der Waals surface area contributed by atoms with Crippen molar-refractivity contribution in [1.29, 1.82) is 0 Å². The average Bonchev–Trinajstić information content (AvgIpc) is 2.46. The maximum atomic E-state index is 9.47. The minimum absolute atomic E-state index is 0.424. The Morgan fingerprint density at radius 1 is 1.46 bits per heavy atom. The maximum Gasteiger partial charge on any atom is 0.0776 e. The number of aliphatic hydroxyl groups is 1. The molecule has 68 valence electrons. The van der Waals surface area contributed by atoms with Crippen LogP contribution in [0.15, 0.2) is 23.6 Å². The number of hydrogen-bond donors (Lipinski definition) is 1. The molecule has 0 aliphatic rings. The van der Waals surface area contributed by atoms with Gasteiger partial charge in [0.25, 0.3) is 0 Å². The molecule has 2 rings (SSSR count). The molecule has 1 heterocycles. The first-order valence-electron chi connectivity index (χ1n) is 4.03. The lowest BCUT2D eigenvalue weighted by Gasteiger charge is -2.01. The van der Waals surface area contributed by atoms with Gasteiger partial charge in [-0.15, -0.1) is 11.3 Å². The van der Waals surface area contributed by atoms with Gasteiger partial charge in [0.05, 0.1) is 6.10 Å². The van der Waals surface area contributed by atoms with E-state index < -0.39 is 6.10 Å². The van der Waals surface area contributed by atoms with Crippen LogP contribution in [0.4, 0.5) is 0 Å². The molecule has 3 heteroatoms. The second-order valence-electron chi connectivity index (χ2n) is 3.01. The van der Waals surface area contributed by atoms with Gasteiger partial charge >= 0.3 is 0 Å². The van der Waals surface area contributed by atoms with Crippen molar-refractivity contribution < 1.29 is 5.11 Å². The second kappa shape index (κ2) is 3.29. The van der Waals surface area contributed by atoms with Crippen LogP contribution in [-0.4, -0.2) is 5.11 Å². The fraction of sp³-hybridized carbons (Fsp3) is 0.200. The Balaban J connectivity index is 2.71. The monoisotopic (exact) mass is 212 g/mol. The van der Waals surface area contributed by atoms with Gasteiger partial charge in [-0.1, -0.05) is 11.6 Å². The van der Waals surface area contributed by atoms with Gasteiger partial charge in [-0.2, -0.15) is 0 Å². The van der Waals surface area contributed by atoms with Gasteiger partial charge < -0.3 is 5.11 Å². The van der Waals surface area contributed by atoms with Crippen LogP contribution in [0.3, 0.4) is 0 Å². The topological polar surface area (TPSA) is 20.2 Å². The molecule has 0 bridgehead atoms. The van der Waals surface area contributed by atoms with E-state index in [-0.39, 0.29) is 0 Å². The molecule has 0 aliphatic carbocycles. The molecule has 13 heavy (non-hydrogen) atoms. The molecule has 0 aliphatic heterocycles. The number of benzene rings is 1. The van der Waals surface area contributed by atoms with Crippen molar-refractivity contribution in [2.75, 3.05) is 0 Å². The van der Waals surface area contributed by atoms with Crippen molar-refractivity contribution in [1.82, 2.24) is 0 Å². The molecular weight excluding hydrogens is 204 g/mol.